The van der Waals surface area contributed by atoms with Crippen molar-refractivity contribution in [3.8, 4) is 6.07 Å². The van der Waals surface area contributed by atoms with E-state index in [9.17, 15) is 10.1 Å². The lowest BCUT2D eigenvalue weighted by Crippen LogP contribution is -2.46. The molecule has 1 aliphatic heterocycles. The largest absolute Gasteiger partial charge is 0.464 e. The maximum atomic E-state index is 12.1. The van der Waals surface area contributed by atoms with Gasteiger partial charge in [0.15, 0.2) is 0 Å². The molecule has 0 aliphatic carbocycles. The number of esters is 1. The van der Waals surface area contributed by atoms with Gasteiger partial charge in [0.25, 0.3) is 0 Å². The fourth-order valence-electron chi connectivity index (χ4n) is 2.77. The van der Waals surface area contributed by atoms with Gasteiger partial charge in [0, 0.05) is 13.6 Å². The summed E-state index contributed by atoms with van der Waals surface area (Å²) in [7, 11) is 1.81. The number of piperidine rings is 1. The molecule has 1 aromatic heterocycles. The first-order valence-electron chi connectivity index (χ1n) is 6.97. The molecule has 0 spiro atoms. The number of ether oxygens (including phenoxy) is 1. The van der Waals surface area contributed by atoms with E-state index in [1.54, 1.807) is 18.7 Å². The van der Waals surface area contributed by atoms with Crippen LogP contribution in [0.3, 0.4) is 0 Å². The molecule has 108 valence electrons. The molecule has 2 rings (SSSR count). The summed E-state index contributed by atoms with van der Waals surface area (Å²) in [6, 6.07) is 1.88. The Morgan fingerprint density at radius 2 is 2.30 bits per heavy atom. The summed E-state index contributed by atoms with van der Waals surface area (Å²) in [5.41, 5.74) is 1.24. The van der Waals surface area contributed by atoms with Crippen molar-refractivity contribution in [2.24, 2.45) is 7.05 Å². The monoisotopic (exact) mass is 276 g/mol. The summed E-state index contributed by atoms with van der Waals surface area (Å²) in [6.45, 7) is 4.74. The van der Waals surface area contributed by atoms with E-state index < -0.39 is 0 Å². The third-order valence-electron chi connectivity index (χ3n) is 3.64. The summed E-state index contributed by atoms with van der Waals surface area (Å²) < 4.78 is 6.85. The third-order valence-corrected chi connectivity index (χ3v) is 3.64. The second-order valence-electron chi connectivity index (χ2n) is 4.98. The second-order valence-corrected chi connectivity index (χ2v) is 4.98. The SMILES string of the molecule is CCOC(=O)C1CCCCN1c1c(C#N)c(C)nn1C. The van der Waals surface area contributed by atoms with E-state index in [4.69, 9.17) is 4.74 Å². The summed E-state index contributed by atoms with van der Waals surface area (Å²) in [4.78, 5) is 14.1. The van der Waals surface area contributed by atoms with Crippen molar-refractivity contribution in [3.63, 3.8) is 0 Å². The van der Waals surface area contributed by atoms with E-state index in [1.807, 2.05) is 11.8 Å². The van der Waals surface area contributed by atoms with Crippen LogP contribution >= 0.6 is 0 Å². The van der Waals surface area contributed by atoms with Crippen molar-refractivity contribution in [2.75, 3.05) is 18.1 Å². The van der Waals surface area contributed by atoms with E-state index in [0.717, 1.165) is 31.6 Å². The van der Waals surface area contributed by atoms with E-state index in [-0.39, 0.29) is 12.0 Å². The number of carbonyl (C=O) groups excluding carboxylic acids is 1. The minimum absolute atomic E-state index is 0.213. The average Bonchev–Trinajstić information content (AvgIpc) is 2.72. The van der Waals surface area contributed by atoms with Gasteiger partial charge in [-0.15, -0.1) is 0 Å². The number of hydrogen-bond acceptors (Lipinski definition) is 5. The normalized spacial score (nSPS) is 18.7. The molecule has 1 aromatic rings. The van der Waals surface area contributed by atoms with Crippen LogP contribution in [0.5, 0.6) is 0 Å². The zero-order chi connectivity index (χ0) is 14.7. The maximum absolute atomic E-state index is 12.1. The van der Waals surface area contributed by atoms with Gasteiger partial charge in [-0.05, 0) is 33.1 Å². The Bertz CT molecular complexity index is 544. The molecular formula is C14H20N4O2. The molecule has 2 heterocycles. The van der Waals surface area contributed by atoms with Crippen molar-refractivity contribution < 1.29 is 9.53 Å². The minimum Gasteiger partial charge on any atom is -0.464 e. The molecule has 1 aliphatic rings. The summed E-state index contributed by atoms with van der Waals surface area (Å²) in [5.74, 6) is 0.512. The number of nitrogens with zero attached hydrogens (tertiary/aromatic N) is 4. The van der Waals surface area contributed by atoms with Gasteiger partial charge in [-0.2, -0.15) is 10.4 Å². The lowest BCUT2D eigenvalue weighted by atomic mass is 10.0. The molecule has 0 aromatic carbocycles. The fourth-order valence-corrected chi connectivity index (χ4v) is 2.77. The topological polar surface area (TPSA) is 71.2 Å². The Morgan fingerprint density at radius 1 is 1.55 bits per heavy atom. The zero-order valence-electron chi connectivity index (χ0n) is 12.2. The summed E-state index contributed by atoms with van der Waals surface area (Å²) in [5, 5.41) is 13.6. The highest BCUT2D eigenvalue weighted by Gasteiger charge is 2.33. The Hall–Kier alpha value is -2.03. The predicted octanol–water partition coefficient (Wildman–Crippen LogP) is 1.52. The van der Waals surface area contributed by atoms with Gasteiger partial charge in [-0.1, -0.05) is 0 Å². The second kappa shape index (κ2) is 5.95. The number of anilines is 1. The molecular weight excluding hydrogens is 256 g/mol. The van der Waals surface area contributed by atoms with Gasteiger partial charge in [-0.25, -0.2) is 4.79 Å². The van der Waals surface area contributed by atoms with Crippen molar-refractivity contribution in [3.05, 3.63) is 11.3 Å². The number of aryl methyl sites for hydroxylation is 2. The molecule has 1 fully saturated rings. The molecule has 1 saturated heterocycles. The molecule has 6 nitrogen and oxygen atoms in total. The van der Waals surface area contributed by atoms with Crippen LogP contribution in [-0.2, 0) is 16.6 Å². The molecule has 0 N–H and O–H groups in total. The van der Waals surface area contributed by atoms with Crippen LogP contribution < -0.4 is 4.90 Å². The first-order valence-corrected chi connectivity index (χ1v) is 6.97. The van der Waals surface area contributed by atoms with Crippen LogP contribution in [0.15, 0.2) is 0 Å². The third kappa shape index (κ3) is 2.48. The standard InChI is InChI=1S/C14H20N4O2/c1-4-20-14(19)12-7-5-6-8-18(12)13-11(9-15)10(2)16-17(13)3/h12H,4-8H2,1-3H3. The molecule has 0 saturated carbocycles. The van der Waals surface area contributed by atoms with Gasteiger partial charge >= 0.3 is 5.97 Å². The summed E-state index contributed by atoms with van der Waals surface area (Å²) >= 11 is 0. The van der Waals surface area contributed by atoms with Crippen LogP contribution in [0, 0.1) is 18.3 Å². The Kier molecular flexibility index (Phi) is 4.28. The van der Waals surface area contributed by atoms with E-state index >= 15 is 0 Å². The van der Waals surface area contributed by atoms with Crippen molar-refractivity contribution in [2.45, 2.75) is 39.2 Å². The Balaban J connectivity index is 2.38. The lowest BCUT2D eigenvalue weighted by molar-refractivity contribution is -0.145. The lowest BCUT2D eigenvalue weighted by Gasteiger charge is -2.35. The van der Waals surface area contributed by atoms with E-state index in [0.29, 0.717) is 17.9 Å². The van der Waals surface area contributed by atoms with Crippen molar-refractivity contribution >= 4 is 11.8 Å². The number of rotatable bonds is 3. The maximum Gasteiger partial charge on any atom is 0.328 e. The van der Waals surface area contributed by atoms with Gasteiger partial charge in [0.1, 0.15) is 23.5 Å². The average molecular weight is 276 g/mol. The van der Waals surface area contributed by atoms with Crippen LogP contribution in [0.25, 0.3) is 0 Å². The van der Waals surface area contributed by atoms with Crippen LogP contribution in [0.1, 0.15) is 37.4 Å². The number of aromatic nitrogens is 2. The number of carbonyl (C=O) groups is 1. The molecule has 0 radical (unpaired) electrons. The Morgan fingerprint density at radius 3 is 2.95 bits per heavy atom. The van der Waals surface area contributed by atoms with E-state index in [2.05, 4.69) is 11.2 Å². The van der Waals surface area contributed by atoms with Crippen LogP contribution in [0.4, 0.5) is 5.82 Å². The molecule has 6 heteroatoms. The molecule has 0 amide bonds. The van der Waals surface area contributed by atoms with Crippen LogP contribution in [0.2, 0.25) is 0 Å². The smallest absolute Gasteiger partial charge is 0.328 e. The zero-order valence-corrected chi connectivity index (χ0v) is 12.2. The first-order chi connectivity index (χ1) is 9.60. The van der Waals surface area contributed by atoms with Gasteiger partial charge in [0.2, 0.25) is 0 Å². The Labute approximate surface area is 118 Å². The molecule has 20 heavy (non-hydrogen) atoms. The van der Waals surface area contributed by atoms with Crippen LogP contribution in [-0.4, -0.2) is 34.9 Å². The van der Waals surface area contributed by atoms with Crippen molar-refractivity contribution in [1.29, 1.82) is 5.26 Å². The molecule has 1 unspecified atom stereocenters. The van der Waals surface area contributed by atoms with E-state index in [1.165, 1.54) is 0 Å². The summed E-state index contributed by atoms with van der Waals surface area (Å²) in [6.07, 6.45) is 2.76. The first kappa shape index (κ1) is 14.4. The number of nitriles is 1. The quantitative estimate of drug-likeness (QED) is 0.783. The highest BCUT2D eigenvalue weighted by molar-refractivity contribution is 5.81. The fraction of sp³-hybridized carbons (Fsp3) is 0.643. The molecule has 0 bridgehead atoms. The number of hydrogen-bond donors (Lipinski definition) is 0. The highest BCUT2D eigenvalue weighted by atomic mass is 16.5. The predicted molar refractivity (Wildman–Crippen MR) is 74.3 cm³/mol. The van der Waals surface area contributed by atoms with Gasteiger partial charge in [-0.3, -0.25) is 4.68 Å². The highest BCUT2D eigenvalue weighted by Crippen LogP contribution is 2.29. The van der Waals surface area contributed by atoms with Crippen molar-refractivity contribution in [1.82, 2.24) is 9.78 Å². The van der Waals surface area contributed by atoms with Gasteiger partial charge in [0.05, 0.1) is 12.3 Å². The van der Waals surface area contributed by atoms with Gasteiger partial charge < -0.3 is 9.64 Å². The molecule has 1 atom stereocenters. The minimum atomic E-state index is -0.314.